The lowest BCUT2D eigenvalue weighted by atomic mass is 10.0. The lowest BCUT2D eigenvalue weighted by Crippen LogP contribution is -2.14. The Balaban J connectivity index is 1.58. The Bertz CT molecular complexity index is 582. The van der Waals surface area contributed by atoms with E-state index >= 15 is 0 Å². The fourth-order valence-corrected chi connectivity index (χ4v) is 3.73. The number of rotatable bonds is 4. The molecule has 0 spiro atoms. The third kappa shape index (κ3) is 3.05. The van der Waals surface area contributed by atoms with Gasteiger partial charge in [-0.3, -0.25) is 0 Å². The number of benzene rings is 1. The van der Waals surface area contributed by atoms with Crippen LogP contribution >= 0.6 is 11.3 Å². The lowest BCUT2D eigenvalue weighted by molar-refractivity contribution is 0.699. The molecular formula is C17H22N2S. The van der Waals surface area contributed by atoms with Crippen LogP contribution in [0.15, 0.2) is 24.3 Å². The largest absolute Gasteiger partial charge is 0.385 e. The second-order valence-electron chi connectivity index (χ2n) is 5.58. The molecule has 20 heavy (non-hydrogen) atoms. The maximum absolute atomic E-state index is 3.56. The second-order valence-corrected chi connectivity index (χ2v) is 6.92. The van der Waals surface area contributed by atoms with Crippen LogP contribution in [0.2, 0.25) is 0 Å². The Labute approximate surface area is 125 Å². The van der Waals surface area contributed by atoms with Crippen LogP contribution in [-0.4, -0.2) is 6.54 Å². The van der Waals surface area contributed by atoms with Crippen molar-refractivity contribution in [2.45, 2.75) is 39.8 Å². The van der Waals surface area contributed by atoms with E-state index in [1.165, 1.54) is 45.0 Å². The summed E-state index contributed by atoms with van der Waals surface area (Å²) >= 11 is 1.90. The minimum Gasteiger partial charge on any atom is -0.385 e. The Kier molecular flexibility index (Phi) is 4.08. The van der Waals surface area contributed by atoms with E-state index in [0.29, 0.717) is 0 Å². The van der Waals surface area contributed by atoms with E-state index in [0.717, 1.165) is 19.6 Å². The predicted molar refractivity (Wildman–Crippen MR) is 87.6 cm³/mol. The molecule has 0 saturated carbocycles. The highest BCUT2D eigenvalue weighted by molar-refractivity contribution is 7.12. The van der Waals surface area contributed by atoms with E-state index in [2.05, 4.69) is 48.7 Å². The zero-order valence-electron chi connectivity index (χ0n) is 12.3. The number of aryl methyl sites for hydroxylation is 3. The smallest absolute Gasteiger partial charge is 0.0372 e. The first-order valence-corrected chi connectivity index (χ1v) is 8.16. The topological polar surface area (TPSA) is 24.1 Å². The molecule has 3 rings (SSSR count). The molecule has 1 aromatic heterocycles. The van der Waals surface area contributed by atoms with Crippen LogP contribution in [-0.2, 0) is 19.5 Å². The first-order chi connectivity index (χ1) is 9.72. The number of thiophene rings is 1. The molecule has 0 unspecified atom stereocenters. The molecule has 1 aliphatic heterocycles. The number of hydrogen-bond donors (Lipinski definition) is 2. The fraction of sp³-hybridized carbons (Fsp3) is 0.412. The number of nitrogens with one attached hydrogen (secondary N) is 2. The Morgan fingerprint density at radius 3 is 2.90 bits per heavy atom. The van der Waals surface area contributed by atoms with Crippen molar-refractivity contribution in [3.63, 3.8) is 0 Å². The summed E-state index contributed by atoms with van der Waals surface area (Å²) in [6.07, 6.45) is 2.46. The molecule has 2 aromatic rings. The summed E-state index contributed by atoms with van der Waals surface area (Å²) in [5.74, 6) is 0. The number of anilines is 1. The van der Waals surface area contributed by atoms with Gasteiger partial charge >= 0.3 is 0 Å². The van der Waals surface area contributed by atoms with E-state index in [-0.39, 0.29) is 0 Å². The van der Waals surface area contributed by atoms with Gasteiger partial charge in [0.05, 0.1) is 0 Å². The van der Waals surface area contributed by atoms with Gasteiger partial charge in [0.1, 0.15) is 0 Å². The van der Waals surface area contributed by atoms with Gasteiger partial charge in [-0.1, -0.05) is 12.1 Å². The van der Waals surface area contributed by atoms with Crippen LogP contribution < -0.4 is 10.6 Å². The van der Waals surface area contributed by atoms with Gasteiger partial charge in [0.15, 0.2) is 0 Å². The Morgan fingerprint density at radius 1 is 1.20 bits per heavy atom. The fourth-order valence-electron chi connectivity index (χ4n) is 2.71. The zero-order valence-corrected chi connectivity index (χ0v) is 13.1. The number of fused-ring (bicyclic) bond motifs is 1. The molecule has 106 valence electrons. The van der Waals surface area contributed by atoms with Gasteiger partial charge < -0.3 is 10.6 Å². The second kappa shape index (κ2) is 5.98. The molecule has 2 nitrogen and oxygen atoms in total. The predicted octanol–water partition coefficient (Wildman–Crippen LogP) is 4.01. The van der Waals surface area contributed by atoms with Gasteiger partial charge in [-0.25, -0.2) is 0 Å². The van der Waals surface area contributed by atoms with E-state index in [1.54, 1.807) is 0 Å². The van der Waals surface area contributed by atoms with Crippen molar-refractivity contribution in [3.05, 3.63) is 50.7 Å². The van der Waals surface area contributed by atoms with Crippen molar-refractivity contribution in [1.82, 2.24) is 5.32 Å². The van der Waals surface area contributed by atoms with Crippen LogP contribution in [0.4, 0.5) is 5.69 Å². The van der Waals surface area contributed by atoms with Crippen LogP contribution in [0.3, 0.4) is 0 Å². The minimum absolute atomic E-state index is 0.948. The van der Waals surface area contributed by atoms with Crippen molar-refractivity contribution in [2.24, 2.45) is 0 Å². The Morgan fingerprint density at radius 2 is 2.10 bits per heavy atom. The summed E-state index contributed by atoms with van der Waals surface area (Å²) < 4.78 is 0. The highest BCUT2D eigenvalue weighted by atomic mass is 32.1. The standard InChI is InChI=1S/C17H22N2S/c1-12-8-16(20-13(12)2)11-18-10-14-5-6-17-15(9-14)4-3-7-19-17/h5-6,8-9,18-19H,3-4,7,10-11H2,1-2H3. The summed E-state index contributed by atoms with van der Waals surface area (Å²) in [7, 11) is 0. The minimum atomic E-state index is 0.948. The quantitative estimate of drug-likeness (QED) is 0.887. The molecule has 0 saturated heterocycles. The van der Waals surface area contributed by atoms with Gasteiger partial charge in [-0.2, -0.15) is 0 Å². The highest BCUT2D eigenvalue weighted by Crippen LogP contribution is 2.23. The molecule has 0 fully saturated rings. The SMILES string of the molecule is Cc1cc(CNCc2ccc3c(c2)CCCN3)sc1C. The average Bonchev–Trinajstić information content (AvgIpc) is 2.77. The Hall–Kier alpha value is -1.32. The molecule has 2 heterocycles. The highest BCUT2D eigenvalue weighted by Gasteiger charge is 2.08. The summed E-state index contributed by atoms with van der Waals surface area (Å²) in [4.78, 5) is 2.86. The van der Waals surface area contributed by atoms with Crippen molar-refractivity contribution < 1.29 is 0 Å². The molecule has 0 radical (unpaired) electrons. The lowest BCUT2D eigenvalue weighted by Gasteiger charge is -2.18. The van der Waals surface area contributed by atoms with E-state index < -0.39 is 0 Å². The zero-order chi connectivity index (χ0) is 13.9. The van der Waals surface area contributed by atoms with E-state index in [9.17, 15) is 0 Å². The molecule has 0 atom stereocenters. The first kappa shape index (κ1) is 13.7. The van der Waals surface area contributed by atoms with Crippen molar-refractivity contribution in [1.29, 1.82) is 0 Å². The van der Waals surface area contributed by atoms with Crippen LogP contribution in [0, 0.1) is 13.8 Å². The summed E-state index contributed by atoms with van der Waals surface area (Å²) in [6, 6.07) is 9.10. The van der Waals surface area contributed by atoms with Gasteiger partial charge in [-0.05, 0) is 55.5 Å². The average molecular weight is 286 g/mol. The molecular weight excluding hydrogens is 264 g/mol. The normalized spacial score (nSPS) is 13.9. The summed E-state index contributed by atoms with van der Waals surface area (Å²) in [5, 5.41) is 7.02. The molecule has 2 N–H and O–H groups in total. The van der Waals surface area contributed by atoms with Gasteiger partial charge in [0.25, 0.3) is 0 Å². The van der Waals surface area contributed by atoms with E-state index in [4.69, 9.17) is 0 Å². The van der Waals surface area contributed by atoms with Gasteiger partial charge in [-0.15, -0.1) is 11.3 Å². The van der Waals surface area contributed by atoms with Crippen LogP contribution in [0.1, 0.15) is 32.9 Å². The van der Waals surface area contributed by atoms with Gasteiger partial charge in [0, 0.05) is 35.1 Å². The van der Waals surface area contributed by atoms with Crippen LogP contribution in [0.25, 0.3) is 0 Å². The molecule has 3 heteroatoms. The third-order valence-electron chi connectivity index (χ3n) is 3.95. The summed E-state index contributed by atoms with van der Waals surface area (Å²) in [5.41, 5.74) is 5.59. The molecule has 0 aliphatic carbocycles. The maximum Gasteiger partial charge on any atom is 0.0372 e. The molecule has 0 bridgehead atoms. The molecule has 1 aliphatic rings. The third-order valence-corrected chi connectivity index (χ3v) is 5.11. The van der Waals surface area contributed by atoms with E-state index in [1.807, 2.05) is 11.3 Å². The molecule has 0 amide bonds. The summed E-state index contributed by atoms with van der Waals surface area (Å²) in [6.45, 7) is 7.41. The first-order valence-electron chi connectivity index (χ1n) is 7.34. The monoisotopic (exact) mass is 286 g/mol. The number of hydrogen-bond acceptors (Lipinski definition) is 3. The maximum atomic E-state index is 3.56. The van der Waals surface area contributed by atoms with Gasteiger partial charge in [0.2, 0.25) is 0 Å². The van der Waals surface area contributed by atoms with Crippen LogP contribution in [0.5, 0.6) is 0 Å². The molecule has 1 aromatic carbocycles. The van der Waals surface area contributed by atoms with Crippen molar-refractivity contribution in [3.8, 4) is 0 Å². The van der Waals surface area contributed by atoms with Crippen molar-refractivity contribution >= 4 is 17.0 Å². The van der Waals surface area contributed by atoms with Crippen molar-refractivity contribution in [2.75, 3.05) is 11.9 Å².